The van der Waals surface area contributed by atoms with Gasteiger partial charge >= 0.3 is 5.69 Å². The molecule has 8 nitrogen and oxygen atoms in total. The van der Waals surface area contributed by atoms with E-state index in [4.69, 9.17) is 0 Å². The Morgan fingerprint density at radius 1 is 1.07 bits per heavy atom. The van der Waals surface area contributed by atoms with Crippen molar-refractivity contribution >= 4 is 22.7 Å². The van der Waals surface area contributed by atoms with E-state index in [1.165, 1.54) is 4.57 Å². The molecule has 160 valence electrons. The van der Waals surface area contributed by atoms with Gasteiger partial charge in [0.15, 0.2) is 0 Å². The molecule has 2 aliphatic heterocycles. The minimum Gasteiger partial charge on any atom is -0.341 e. The molecule has 1 aromatic heterocycles. The zero-order chi connectivity index (χ0) is 21.4. The van der Waals surface area contributed by atoms with E-state index >= 15 is 0 Å². The molecule has 0 spiro atoms. The summed E-state index contributed by atoms with van der Waals surface area (Å²) in [4.78, 5) is 54.8. The van der Waals surface area contributed by atoms with Crippen LogP contribution in [0.25, 0.3) is 10.9 Å². The van der Waals surface area contributed by atoms with Crippen molar-refractivity contribution in [2.45, 2.75) is 51.6 Å². The summed E-state index contributed by atoms with van der Waals surface area (Å²) < 4.78 is 2.57. The molecule has 0 radical (unpaired) electrons. The van der Waals surface area contributed by atoms with Crippen LogP contribution in [0.15, 0.2) is 27.8 Å². The first kappa shape index (κ1) is 20.4. The summed E-state index contributed by atoms with van der Waals surface area (Å²) in [5.74, 6) is -0.143. The summed E-state index contributed by atoms with van der Waals surface area (Å²) in [5, 5.41) is 0.466. The lowest BCUT2D eigenvalue weighted by Gasteiger charge is -2.28. The van der Waals surface area contributed by atoms with E-state index in [9.17, 15) is 19.2 Å². The first-order valence-electron chi connectivity index (χ1n) is 10.7. The number of nitrogens with zero attached hydrogens (tertiary/aromatic N) is 4. The number of likely N-dealkylation sites (tertiary alicyclic amines) is 2. The van der Waals surface area contributed by atoms with Crippen molar-refractivity contribution in [1.82, 2.24) is 18.9 Å². The van der Waals surface area contributed by atoms with E-state index in [2.05, 4.69) is 0 Å². The maximum Gasteiger partial charge on any atom is 0.331 e. The lowest BCUT2D eigenvalue weighted by Crippen LogP contribution is -2.47. The van der Waals surface area contributed by atoms with Crippen LogP contribution in [0.1, 0.15) is 37.7 Å². The molecule has 1 atom stereocenters. The van der Waals surface area contributed by atoms with Gasteiger partial charge < -0.3 is 9.80 Å². The van der Waals surface area contributed by atoms with E-state index in [1.807, 2.05) is 17.9 Å². The second kappa shape index (κ2) is 8.08. The minimum absolute atomic E-state index is 0.00927. The average molecular weight is 412 g/mol. The first-order valence-corrected chi connectivity index (χ1v) is 10.7. The van der Waals surface area contributed by atoms with E-state index in [0.717, 1.165) is 42.5 Å². The highest BCUT2D eigenvalue weighted by Gasteiger charge is 2.36. The SMILES string of the molecule is Cc1ccc2c(c1)c(=O)n(CCC(=O)N1CCC[C@H]1C(=O)N1CCCC1)c(=O)n2C. The van der Waals surface area contributed by atoms with Gasteiger partial charge in [-0.25, -0.2) is 4.79 Å². The van der Waals surface area contributed by atoms with Gasteiger partial charge in [0.1, 0.15) is 6.04 Å². The predicted octanol–water partition coefficient (Wildman–Crippen LogP) is 1.01. The number of aryl methyl sites for hydroxylation is 2. The Balaban J connectivity index is 1.54. The predicted molar refractivity (Wildman–Crippen MR) is 113 cm³/mol. The van der Waals surface area contributed by atoms with Gasteiger partial charge in [-0.05, 0) is 44.7 Å². The van der Waals surface area contributed by atoms with Crippen LogP contribution in [0.2, 0.25) is 0 Å². The molecule has 2 saturated heterocycles. The molecule has 3 heterocycles. The van der Waals surface area contributed by atoms with Crippen LogP contribution in [0, 0.1) is 6.92 Å². The fourth-order valence-corrected chi connectivity index (χ4v) is 4.65. The Morgan fingerprint density at radius 2 is 1.80 bits per heavy atom. The highest BCUT2D eigenvalue weighted by Crippen LogP contribution is 2.22. The van der Waals surface area contributed by atoms with Gasteiger partial charge in [0.05, 0.1) is 10.9 Å². The molecule has 0 unspecified atom stereocenters. The maximum absolute atomic E-state index is 12.9. The highest BCUT2D eigenvalue weighted by molar-refractivity contribution is 5.88. The van der Waals surface area contributed by atoms with E-state index < -0.39 is 11.7 Å². The molecule has 30 heavy (non-hydrogen) atoms. The number of aromatic nitrogens is 2. The third-order valence-corrected chi connectivity index (χ3v) is 6.33. The summed E-state index contributed by atoms with van der Waals surface area (Å²) in [6.07, 6.45) is 3.53. The fourth-order valence-electron chi connectivity index (χ4n) is 4.65. The topological polar surface area (TPSA) is 84.6 Å². The standard InChI is InChI=1S/C22H28N4O4/c1-15-7-8-17-16(14-15)20(28)26(22(30)23(17)2)13-9-19(27)25-12-5-6-18(25)21(29)24-10-3-4-11-24/h7-8,14,18H,3-6,9-13H2,1-2H3/t18-/m0/s1. The second-order valence-corrected chi connectivity index (χ2v) is 8.35. The van der Waals surface area contributed by atoms with Gasteiger partial charge in [0.2, 0.25) is 11.8 Å². The van der Waals surface area contributed by atoms with Crippen molar-refractivity contribution in [3.8, 4) is 0 Å². The van der Waals surface area contributed by atoms with Crippen molar-refractivity contribution in [3.05, 3.63) is 44.6 Å². The minimum atomic E-state index is -0.435. The molecule has 2 aliphatic rings. The molecule has 2 amide bonds. The van der Waals surface area contributed by atoms with Crippen LogP contribution < -0.4 is 11.2 Å². The Hall–Kier alpha value is -2.90. The van der Waals surface area contributed by atoms with E-state index in [-0.39, 0.29) is 30.3 Å². The van der Waals surface area contributed by atoms with Crippen LogP contribution in [0.4, 0.5) is 0 Å². The number of fused-ring (bicyclic) bond motifs is 1. The normalized spacial score (nSPS) is 19.1. The third kappa shape index (κ3) is 3.55. The van der Waals surface area contributed by atoms with Gasteiger partial charge in [-0.1, -0.05) is 11.6 Å². The Kier molecular flexibility index (Phi) is 5.49. The summed E-state index contributed by atoms with van der Waals surface area (Å²) in [7, 11) is 1.63. The Bertz CT molecular complexity index is 1110. The quantitative estimate of drug-likeness (QED) is 0.750. The third-order valence-electron chi connectivity index (χ3n) is 6.33. The number of amides is 2. The van der Waals surface area contributed by atoms with Gasteiger partial charge in [0.25, 0.3) is 5.56 Å². The second-order valence-electron chi connectivity index (χ2n) is 8.35. The lowest BCUT2D eigenvalue weighted by atomic mass is 10.1. The van der Waals surface area contributed by atoms with Crippen LogP contribution in [0.5, 0.6) is 0 Å². The molecular formula is C22H28N4O4. The number of hydrogen-bond donors (Lipinski definition) is 0. The van der Waals surface area contributed by atoms with Gasteiger partial charge in [-0.15, -0.1) is 0 Å². The molecule has 4 rings (SSSR count). The van der Waals surface area contributed by atoms with Crippen molar-refractivity contribution in [3.63, 3.8) is 0 Å². The Morgan fingerprint density at radius 3 is 2.53 bits per heavy atom. The zero-order valence-corrected chi connectivity index (χ0v) is 17.6. The number of carbonyl (C=O) groups excluding carboxylic acids is 2. The van der Waals surface area contributed by atoms with E-state index in [1.54, 1.807) is 24.1 Å². The summed E-state index contributed by atoms with van der Waals surface area (Å²) in [6, 6.07) is 4.98. The molecule has 0 N–H and O–H groups in total. The van der Waals surface area contributed by atoms with Crippen molar-refractivity contribution in [1.29, 1.82) is 0 Å². The highest BCUT2D eigenvalue weighted by atomic mass is 16.2. The zero-order valence-electron chi connectivity index (χ0n) is 17.6. The van der Waals surface area contributed by atoms with Crippen molar-refractivity contribution in [2.75, 3.05) is 19.6 Å². The van der Waals surface area contributed by atoms with Crippen LogP contribution in [-0.2, 0) is 23.2 Å². The molecule has 2 fully saturated rings. The number of rotatable bonds is 4. The summed E-state index contributed by atoms with van der Waals surface area (Å²) in [6.45, 7) is 3.98. The molecule has 0 saturated carbocycles. The first-order chi connectivity index (χ1) is 14.4. The fraction of sp³-hybridized carbons (Fsp3) is 0.545. The molecule has 0 aliphatic carbocycles. The van der Waals surface area contributed by atoms with Crippen LogP contribution >= 0.6 is 0 Å². The van der Waals surface area contributed by atoms with Crippen molar-refractivity contribution < 1.29 is 9.59 Å². The van der Waals surface area contributed by atoms with Gasteiger partial charge in [0, 0.05) is 39.6 Å². The summed E-state index contributed by atoms with van der Waals surface area (Å²) in [5.41, 5.74) is 0.696. The van der Waals surface area contributed by atoms with Gasteiger partial charge in [-0.3, -0.25) is 23.5 Å². The molecule has 1 aromatic carbocycles. The van der Waals surface area contributed by atoms with Crippen molar-refractivity contribution in [2.24, 2.45) is 7.05 Å². The van der Waals surface area contributed by atoms with Crippen LogP contribution in [0.3, 0.4) is 0 Å². The maximum atomic E-state index is 12.9. The van der Waals surface area contributed by atoms with Gasteiger partial charge in [-0.2, -0.15) is 0 Å². The number of benzene rings is 1. The molecular weight excluding hydrogens is 384 g/mol. The molecule has 0 bridgehead atoms. The molecule has 8 heteroatoms. The Labute approximate surface area is 174 Å². The average Bonchev–Trinajstić information content (AvgIpc) is 3.43. The number of carbonyl (C=O) groups is 2. The lowest BCUT2D eigenvalue weighted by molar-refractivity contribution is -0.143. The largest absolute Gasteiger partial charge is 0.341 e. The summed E-state index contributed by atoms with van der Waals surface area (Å²) >= 11 is 0. The monoisotopic (exact) mass is 412 g/mol. The molecule has 2 aromatic rings. The smallest absolute Gasteiger partial charge is 0.331 e. The van der Waals surface area contributed by atoms with E-state index in [0.29, 0.717) is 23.9 Å². The van der Waals surface area contributed by atoms with Crippen LogP contribution in [-0.4, -0.2) is 56.4 Å². The number of hydrogen-bond acceptors (Lipinski definition) is 4.